The van der Waals surface area contributed by atoms with Crippen molar-refractivity contribution in [3.63, 3.8) is 0 Å². The third kappa shape index (κ3) is 4.16. The Balaban J connectivity index is 2.38. The number of carbonyl (C=O) groups excluding carboxylic acids is 1. The van der Waals surface area contributed by atoms with Crippen molar-refractivity contribution in [2.75, 3.05) is 19.8 Å². The Morgan fingerprint density at radius 1 is 1.62 bits per heavy atom. The fourth-order valence-electron chi connectivity index (χ4n) is 1.54. The number of hydrogen-bond acceptors (Lipinski definition) is 4. The monoisotopic (exact) mass is 230 g/mol. The van der Waals surface area contributed by atoms with E-state index in [1.165, 1.54) is 0 Å². The lowest BCUT2D eigenvalue weighted by Crippen LogP contribution is -2.53. The molecule has 16 heavy (non-hydrogen) atoms. The highest BCUT2D eigenvalue weighted by atomic mass is 16.5. The van der Waals surface area contributed by atoms with Gasteiger partial charge < -0.3 is 20.5 Å². The largest absolute Gasteiger partial charge is 0.481 e. The first kappa shape index (κ1) is 12.9. The zero-order valence-corrected chi connectivity index (χ0v) is 9.36. The second kappa shape index (κ2) is 6.44. The van der Waals surface area contributed by atoms with E-state index in [9.17, 15) is 9.59 Å². The number of rotatable bonds is 5. The van der Waals surface area contributed by atoms with Crippen molar-refractivity contribution in [1.29, 1.82) is 0 Å². The van der Waals surface area contributed by atoms with Gasteiger partial charge in [0.25, 0.3) is 0 Å². The molecule has 0 bridgehead atoms. The van der Waals surface area contributed by atoms with E-state index in [1.54, 1.807) is 0 Å². The van der Waals surface area contributed by atoms with Crippen LogP contribution in [0.5, 0.6) is 0 Å². The molecule has 0 radical (unpaired) electrons. The summed E-state index contributed by atoms with van der Waals surface area (Å²) in [5.74, 6) is -1.09. The van der Waals surface area contributed by atoms with Crippen LogP contribution in [0.15, 0.2) is 0 Å². The molecule has 92 valence electrons. The van der Waals surface area contributed by atoms with Crippen molar-refractivity contribution in [2.24, 2.45) is 0 Å². The molecule has 1 fully saturated rings. The first-order chi connectivity index (χ1) is 7.63. The minimum atomic E-state index is -0.903. The molecule has 0 spiro atoms. The SMILES string of the molecule is CCC(CC(=O)O)NC(=O)C1COCCN1. The van der Waals surface area contributed by atoms with E-state index in [0.717, 1.165) is 0 Å². The van der Waals surface area contributed by atoms with Crippen molar-refractivity contribution in [3.8, 4) is 0 Å². The Labute approximate surface area is 94.3 Å². The number of carbonyl (C=O) groups is 2. The molecule has 2 atom stereocenters. The van der Waals surface area contributed by atoms with Crippen LogP contribution >= 0.6 is 0 Å². The molecule has 1 heterocycles. The Kier molecular flexibility index (Phi) is 5.21. The lowest BCUT2D eigenvalue weighted by atomic mass is 10.1. The van der Waals surface area contributed by atoms with Gasteiger partial charge in [0.05, 0.1) is 19.6 Å². The van der Waals surface area contributed by atoms with Gasteiger partial charge in [-0.3, -0.25) is 9.59 Å². The molecule has 0 aromatic carbocycles. The van der Waals surface area contributed by atoms with E-state index in [-0.39, 0.29) is 24.4 Å². The van der Waals surface area contributed by atoms with Gasteiger partial charge in [0.15, 0.2) is 0 Å². The molecule has 0 saturated carbocycles. The highest BCUT2D eigenvalue weighted by molar-refractivity contribution is 5.82. The third-order valence-corrected chi connectivity index (χ3v) is 2.50. The maximum atomic E-state index is 11.7. The number of carboxylic acid groups (broad SMARTS) is 1. The number of nitrogens with one attached hydrogen (secondary N) is 2. The number of morpholine rings is 1. The number of ether oxygens (including phenoxy) is 1. The minimum absolute atomic E-state index is 0.0458. The Morgan fingerprint density at radius 2 is 2.38 bits per heavy atom. The van der Waals surface area contributed by atoms with Gasteiger partial charge in [-0.1, -0.05) is 6.92 Å². The molecule has 0 aromatic heterocycles. The standard InChI is InChI=1S/C10H18N2O4/c1-2-7(5-9(13)14)12-10(15)8-6-16-4-3-11-8/h7-8,11H,2-6H2,1H3,(H,12,15)(H,13,14). The maximum absolute atomic E-state index is 11.7. The summed E-state index contributed by atoms with van der Waals surface area (Å²) in [7, 11) is 0. The number of aliphatic carboxylic acids is 1. The van der Waals surface area contributed by atoms with Crippen molar-refractivity contribution in [3.05, 3.63) is 0 Å². The van der Waals surface area contributed by atoms with E-state index in [0.29, 0.717) is 26.2 Å². The second-order valence-electron chi connectivity index (χ2n) is 3.79. The lowest BCUT2D eigenvalue weighted by molar-refractivity contribution is -0.137. The van der Waals surface area contributed by atoms with Crippen LogP contribution < -0.4 is 10.6 Å². The Bertz CT molecular complexity index is 251. The Hall–Kier alpha value is -1.14. The summed E-state index contributed by atoms with van der Waals surface area (Å²) in [4.78, 5) is 22.2. The fraction of sp³-hybridized carbons (Fsp3) is 0.800. The maximum Gasteiger partial charge on any atom is 0.305 e. The predicted molar refractivity (Wildman–Crippen MR) is 57.1 cm³/mol. The van der Waals surface area contributed by atoms with E-state index in [2.05, 4.69) is 10.6 Å². The smallest absolute Gasteiger partial charge is 0.305 e. The van der Waals surface area contributed by atoms with Gasteiger partial charge in [0, 0.05) is 12.6 Å². The van der Waals surface area contributed by atoms with Crippen LogP contribution in [0.2, 0.25) is 0 Å². The summed E-state index contributed by atoms with van der Waals surface area (Å²) in [6, 6.07) is -0.676. The predicted octanol–water partition coefficient (Wildman–Crippen LogP) is -0.656. The summed E-state index contributed by atoms with van der Waals surface area (Å²) >= 11 is 0. The van der Waals surface area contributed by atoms with Crippen LogP contribution in [0, 0.1) is 0 Å². The van der Waals surface area contributed by atoms with Crippen LogP contribution in [0.3, 0.4) is 0 Å². The normalized spacial score (nSPS) is 22.4. The number of amides is 1. The first-order valence-electron chi connectivity index (χ1n) is 5.46. The second-order valence-corrected chi connectivity index (χ2v) is 3.79. The molecule has 6 heteroatoms. The molecule has 1 amide bonds. The van der Waals surface area contributed by atoms with Crippen molar-refractivity contribution in [1.82, 2.24) is 10.6 Å². The van der Waals surface area contributed by atoms with Gasteiger partial charge >= 0.3 is 5.97 Å². The van der Waals surface area contributed by atoms with E-state index in [1.807, 2.05) is 6.92 Å². The van der Waals surface area contributed by atoms with Crippen molar-refractivity contribution in [2.45, 2.75) is 31.8 Å². The van der Waals surface area contributed by atoms with Gasteiger partial charge in [-0.25, -0.2) is 0 Å². The van der Waals surface area contributed by atoms with E-state index >= 15 is 0 Å². The minimum Gasteiger partial charge on any atom is -0.481 e. The quantitative estimate of drug-likeness (QED) is 0.584. The number of hydrogen-bond donors (Lipinski definition) is 3. The summed E-state index contributed by atoms with van der Waals surface area (Å²) in [5, 5.41) is 14.4. The summed E-state index contributed by atoms with van der Waals surface area (Å²) in [5.41, 5.74) is 0. The van der Waals surface area contributed by atoms with Gasteiger partial charge in [-0.05, 0) is 6.42 Å². The molecule has 3 N–H and O–H groups in total. The van der Waals surface area contributed by atoms with Gasteiger partial charge in [-0.2, -0.15) is 0 Å². The summed E-state index contributed by atoms with van der Waals surface area (Å²) in [6.45, 7) is 3.44. The molecular weight excluding hydrogens is 212 g/mol. The highest BCUT2D eigenvalue weighted by Gasteiger charge is 2.23. The zero-order chi connectivity index (χ0) is 12.0. The summed E-state index contributed by atoms with van der Waals surface area (Å²) < 4.78 is 5.16. The molecule has 1 saturated heterocycles. The van der Waals surface area contributed by atoms with Crippen LogP contribution in [-0.2, 0) is 14.3 Å². The highest BCUT2D eigenvalue weighted by Crippen LogP contribution is 2.00. The molecule has 1 aliphatic rings. The fourth-order valence-corrected chi connectivity index (χ4v) is 1.54. The summed E-state index contributed by atoms with van der Waals surface area (Å²) in [6.07, 6.45) is 0.557. The zero-order valence-electron chi connectivity index (χ0n) is 9.36. The average molecular weight is 230 g/mol. The van der Waals surface area contributed by atoms with E-state index in [4.69, 9.17) is 9.84 Å². The average Bonchev–Trinajstić information content (AvgIpc) is 2.28. The third-order valence-electron chi connectivity index (χ3n) is 2.50. The van der Waals surface area contributed by atoms with Crippen LogP contribution in [0.1, 0.15) is 19.8 Å². The molecule has 0 aliphatic carbocycles. The van der Waals surface area contributed by atoms with E-state index < -0.39 is 5.97 Å². The van der Waals surface area contributed by atoms with Crippen LogP contribution in [-0.4, -0.2) is 48.8 Å². The number of carboxylic acids is 1. The first-order valence-corrected chi connectivity index (χ1v) is 5.46. The molecule has 2 unspecified atom stereocenters. The van der Waals surface area contributed by atoms with Crippen molar-refractivity contribution < 1.29 is 19.4 Å². The Morgan fingerprint density at radius 3 is 2.88 bits per heavy atom. The molecule has 1 rings (SSSR count). The van der Waals surface area contributed by atoms with Gasteiger partial charge in [0.1, 0.15) is 6.04 Å². The molecule has 6 nitrogen and oxygen atoms in total. The topological polar surface area (TPSA) is 87.7 Å². The molecule has 0 aromatic rings. The van der Waals surface area contributed by atoms with Gasteiger partial charge in [-0.15, -0.1) is 0 Å². The molecular formula is C10H18N2O4. The molecule has 1 aliphatic heterocycles. The van der Waals surface area contributed by atoms with Gasteiger partial charge in [0.2, 0.25) is 5.91 Å². The lowest BCUT2D eigenvalue weighted by Gasteiger charge is -2.25. The van der Waals surface area contributed by atoms with Crippen LogP contribution in [0.25, 0.3) is 0 Å². The van der Waals surface area contributed by atoms with Crippen molar-refractivity contribution >= 4 is 11.9 Å². The van der Waals surface area contributed by atoms with Crippen LogP contribution in [0.4, 0.5) is 0 Å².